The molecule has 9 nitrogen and oxygen atoms in total. The van der Waals surface area contributed by atoms with E-state index in [-0.39, 0.29) is 17.7 Å². The molecule has 0 spiro atoms. The van der Waals surface area contributed by atoms with Crippen molar-refractivity contribution in [3.63, 3.8) is 0 Å². The summed E-state index contributed by atoms with van der Waals surface area (Å²) in [7, 11) is 3.31. The standard InChI is InChI=1S/C24H30N6O3/c1-6-33-19-14-30(20-9-7-8-12-25-20)13-18(19)28-22-16(3)27-23(29(4)24(22)31)17-10-11-21(32-5)26-15(17)2/h7-12,18-19,28H,6,13-14H2,1-5H3/t18-,19+/m1/s1. The van der Waals surface area contributed by atoms with Gasteiger partial charge in [-0.25, -0.2) is 15.0 Å². The van der Waals surface area contributed by atoms with Gasteiger partial charge in [-0.05, 0) is 39.0 Å². The van der Waals surface area contributed by atoms with Gasteiger partial charge in [-0.2, -0.15) is 0 Å². The SMILES string of the molecule is CCO[C@H]1CN(c2ccccn2)C[C@H]1Nc1c(C)nc(-c2ccc(OC)nc2C)n(C)c1=O. The fraction of sp³-hybridized carbons (Fsp3) is 0.417. The molecule has 1 aliphatic heterocycles. The molecule has 9 heteroatoms. The van der Waals surface area contributed by atoms with Crippen LogP contribution in [0.2, 0.25) is 0 Å². The first kappa shape index (κ1) is 22.7. The maximum atomic E-state index is 13.4. The summed E-state index contributed by atoms with van der Waals surface area (Å²) in [5.41, 5.74) is 2.52. The molecule has 3 aromatic heterocycles. The van der Waals surface area contributed by atoms with Gasteiger partial charge in [0.2, 0.25) is 5.88 Å². The predicted octanol–water partition coefficient (Wildman–Crippen LogP) is 2.57. The van der Waals surface area contributed by atoms with Gasteiger partial charge in [0.25, 0.3) is 5.56 Å². The lowest BCUT2D eigenvalue weighted by Gasteiger charge is -2.22. The number of anilines is 2. The summed E-state index contributed by atoms with van der Waals surface area (Å²) in [5, 5.41) is 3.44. The Morgan fingerprint density at radius 2 is 1.94 bits per heavy atom. The topological polar surface area (TPSA) is 94.4 Å². The third kappa shape index (κ3) is 4.54. The summed E-state index contributed by atoms with van der Waals surface area (Å²) in [5.74, 6) is 1.99. The van der Waals surface area contributed by atoms with Gasteiger partial charge in [0.1, 0.15) is 17.3 Å². The molecule has 0 saturated carbocycles. The summed E-state index contributed by atoms with van der Waals surface area (Å²) < 4.78 is 12.8. The number of hydrogen-bond acceptors (Lipinski definition) is 8. The molecule has 0 radical (unpaired) electrons. The van der Waals surface area contributed by atoms with E-state index in [1.807, 2.05) is 45.0 Å². The molecule has 0 bridgehead atoms. The van der Waals surface area contributed by atoms with Crippen LogP contribution in [0, 0.1) is 13.8 Å². The number of pyridine rings is 2. The van der Waals surface area contributed by atoms with Crippen LogP contribution in [0.4, 0.5) is 11.5 Å². The summed E-state index contributed by atoms with van der Waals surface area (Å²) >= 11 is 0. The van der Waals surface area contributed by atoms with Gasteiger partial charge in [-0.15, -0.1) is 0 Å². The Balaban J connectivity index is 1.64. The third-order valence-electron chi connectivity index (χ3n) is 5.93. The molecule has 3 aromatic rings. The summed E-state index contributed by atoms with van der Waals surface area (Å²) in [6, 6.07) is 9.43. The zero-order valence-corrected chi connectivity index (χ0v) is 19.7. The monoisotopic (exact) mass is 450 g/mol. The first-order valence-electron chi connectivity index (χ1n) is 11.1. The van der Waals surface area contributed by atoms with E-state index in [1.54, 1.807) is 31.0 Å². The second kappa shape index (κ2) is 9.58. The van der Waals surface area contributed by atoms with E-state index in [2.05, 4.69) is 20.2 Å². The average molecular weight is 451 g/mol. The van der Waals surface area contributed by atoms with E-state index in [1.165, 1.54) is 0 Å². The maximum Gasteiger partial charge on any atom is 0.277 e. The minimum atomic E-state index is -0.140. The number of nitrogens with zero attached hydrogens (tertiary/aromatic N) is 5. The second-order valence-electron chi connectivity index (χ2n) is 8.08. The summed E-state index contributed by atoms with van der Waals surface area (Å²) in [6.45, 7) is 7.67. The van der Waals surface area contributed by atoms with Crippen molar-refractivity contribution in [3.8, 4) is 17.3 Å². The van der Waals surface area contributed by atoms with Crippen molar-refractivity contribution in [2.45, 2.75) is 32.9 Å². The van der Waals surface area contributed by atoms with Crippen LogP contribution < -0.4 is 20.5 Å². The number of methoxy groups -OCH3 is 1. The minimum Gasteiger partial charge on any atom is -0.481 e. The van der Waals surface area contributed by atoms with Crippen molar-refractivity contribution in [3.05, 3.63) is 58.3 Å². The largest absolute Gasteiger partial charge is 0.481 e. The lowest BCUT2D eigenvalue weighted by atomic mass is 10.1. The molecule has 4 rings (SSSR count). The smallest absolute Gasteiger partial charge is 0.277 e. The number of aryl methyl sites for hydroxylation is 2. The van der Waals surface area contributed by atoms with E-state index < -0.39 is 0 Å². The quantitative estimate of drug-likeness (QED) is 0.587. The molecule has 0 unspecified atom stereocenters. The Labute approximate surface area is 193 Å². The second-order valence-corrected chi connectivity index (χ2v) is 8.08. The molecule has 4 heterocycles. The molecule has 0 amide bonds. The Hall–Kier alpha value is -3.46. The zero-order valence-electron chi connectivity index (χ0n) is 19.7. The van der Waals surface area contributed by atoms with Crippen LogP contribution in [0.5, 0.6) is 5.88 Å². The molecule has 33 heavy (non-hydrogen) atoms. The highest BCUT2D eigenvalue weighted by Gasteiger charge is 2.35. The van der Waals surface area contributed by atoms with Crippen molar-refractivity contribution < 1.29 is 9.47 Å². The molecular formula is C24H30N6O3. The van der Waals surface area contributed by atoms with E-state index in [0.29, 0.717) is 42.8 Å². The van der Waals surface area contributed by atoms with Crippen molar-refractivity contribution in [2.24, 2.45) is 7.05 Å². The maximum absolute atomic E-state index is 13.4. The highest BCUT2D eigenvalue weighted by atomic mass is 16.5. The highest BCUT2D eigenvalue weighted by molar-refractivity contribution is 5.62. The molecule has 0 aliphatic carbocycles. The first-order valence-corrected chi connectivity index (χ1v) is 11.1. The normalized spacial score (nSPS) is 17.9. The van der Waals surface area contributed by atoms with Crippen molar-refractivity contribution in [2.75, 3.05) is 37.0 Å². The predicted molar refractivity (Wildman–Crippen MR) is 128 cm³/mol. The first-order chi connectivity index (χ1) is 15.9. The van der Waals surface area contributed by atoms with Crippen LogP contribution >= 0.6 is 0 Å². The summed E-state index contributed by atoms with van der Waals surface area (Å²) in [6.07, 6.45) is 1.71. The van der Waals surface area contributed by atoms with Crippen LogP contribution in [0.1, 0.15) is 18.3 Å². The van der Waals surface area contributed by atoms with Gasteiger partial charge >= 0.3 is 0 Å². The van der Waals surface area contributed by atoms with Gasteiger partial charge in [0, 0.05) is 44.6 Å². The molecule has 174 valence electrons. The summed E-state index contributed by atoms with van der Waals surface area (Å²) in [4.78, 5) is 29.2. The van der Waals surface area contributed by atoms with E-state index in [0.717, 1.165) is 17.1 Å². The van der Waals surface area contributed by atoms with Gasteiger partial charge in [0.05, 0.1) is 30.6 Å². The van der Waals surface area contributed by atoms with Crippen LogP contribution in [0.25, 0.3) is 11.4 Å². The number of aromatic nitrogens is 4. The molecule has 0 aromatic carbocycles. The molecule has 1 saturated heterocycles. The molecule has 1 aliphatic rings. The molecular weight excluding hydrogens is 420 g/mol. The Bertz CT molecular complexity index is 1180. The molecule has 1 N–H and O–H groups in total. The zero-order chi connectivity index (χ0) is 23.5. The van der Waals surface area contributed by atoms with Crippen LogP contribution in [-0.2, 0) is 11.8 Å². The van der Waals surface area contributed by atoms with Crippen LogP contribution in [0.3, 0.4) is 0 Å². The average Bonchev–Trinajstić information content (AvgIpc) is 3.22. The van der Waals surface area contributed by atoms with Gasteiger partial charge in [0.15, 0.2) is 0 Å². The van der Waals surface area contributed by atoms with Gasteiger partial charge in [-0.1, -0.05) is 6.07 Å². The Kier molecular flexibility index (Phi) is 6.60. The van der Waals surface area contributed by atoms with E-state index >= 15 is 0 Å². The van der Waals surface area contributed by atoms with Crippen molar-refractivity contribution in [1.82, 2.24) is 19.5 Å². The Morgan fingerprint density at radius 1 is 1.12 bits per heavy atom. The van der Waals surface area contributed by atoms with E-state index in [9.17, 15) is 4.79 Å². The Morgan fingerprint density at radius 3 is 2.61 bits per heavy atom. The number of ether oxygens (including phenoxy) is 2. The van der Waals surface area contributed by atoms with Crippen LogP contribution in [-0.4, -0.2) is 58.5 Å². The van der Waals surface area contributed by atoms with Crippen LogP contribution in [0.15, 0.2) is 41.3 Å². The fourth-order valence-corrected chi connectivity index (χ4v) is 4.21. The van der Waals surface area contributed by atoms with Crippen molar-refractivity contribution in [1.29, 1.82) is 0 Å². The van der Waals surface area contributed by atoms with Gasteiger partial charge in [-0.3, -0.25) is 9.36 Å². The number of rotatable bonds is 7. The molecule has 2 atom stereocenters. The highest BCUT2D eigenvalue weighted by Crippen LogP contribution is 2.26. The number of nitrogens with one attached hydrogen (secondary N) is 1. The minimum absolute atomic E-state index is 0.0737. The lowest BCUT2D eigenvalue weighted by molar-refractivity contribution is 0.0720. The lowest BCUT2D eigenvalue weighted by Crippen LogP contribution is -2.38. The van der Waals surface area contributed by atoms with Crippen molar-refractivity contribution >= 4 is 11.5 Å². The van der Waals surface area contributed by atoms with Gasteiger partial charge < -0.3 is 19.7 Å². The fourth-order valence-electron chi connectivity index (χ4n) is 4.21. The molecule has 1 fully saturated rings. The van der Waals surface area contributed by atoms with E-state index in [4.69, 9.17) is 14.5 Å². The number of hydrogen-bond donors (Lipinski definition) is 1. The third-order valence-corrected chi connectivity index (χ3v) is 5.93.